The van der Waals surface area contributed by atoms with Crippen molar-refractivity contribution in [1.29, 1.82) is 5.26 Å². The van der Waals surface area contributed by atoms with Crippen molar-refractivity contribution in [3.8, 4) is 28.7 Å². The number of rotatable bonds is 18. The molecule has 4 amide bonds. The third-order valence-electron chi connectivity index (χ3n) is 11.6. The summed E-state index contributed by atoms with van der Waals surface area (Å²) in [4.78, 5) is 40.0. The Morgan fingerprint density at radius 3 is 2.58 bits per heavy atom. The van der Waals surface area contributed by atoms with Crippen LogP contribution in [0.3, 0.4) is 0 Å². The van der Waals surface area contributed by atoms with E-state index in [1.165, 1.54) is 0 Å². The SMILES string of the molecule is Cc1c(COc2cc(OCc3cccc(C#N)c3)c(CN3CCCCC3C(=O)NCCNC(=O)CCCC[C@@H]3SC[C@@H]4NC(=O)N[C@@H]43)cc2Cl)cccc1-c1ccccc1. The monoisotopic (exact) mass is 848 g/mol. The molecule has 13 heteroatoms. The third-order valence-corrected chi connectivity index (χ3v) is 13.4. The molecule has 7 rings (SSSR count). The number of ether oxygens (including phenoxy) is 2. The largest absolute Gasteiger partial charge is 0.488 e. The molecule has 4 aromatic carbocycles. The Labute approximate surface area is 361 Å². The van der Waals surface area contributed by atoms with Gasteiger partial charge in [0.2, 0.25) is 11.8 Å². The molecule has 0 spiro atoms. The fraction of sp³-hybridized carbons (Fsp3) is 0.404. The minimum Gasteiger partial charge on any atom is -0.488 e. The average Bonchev–Trinajstić information content (AvgIpc) is 3.83. The van der Waals surface area contributed by atoms with Crippen molar-refractivity contribution < 1.29 is 23.9 Å². The molecule has 0 radical (unpaired) electrons. The van der Waals surface area contributed by atoms with Gasteiger partial charge in [-0.1, -0.05) is 85.1 Å². The summed E-state index contributed by atoms with van der Waals surface area (Å²) in [6.07, 6.45) is 5.71. The molecule has 3 saturated heterocycles. The molecule has 3 heterocycles. The average molecular weight is 849 g/mol. The topological polar surface area (TPSA) is 145 Å². The lowest BCUT2D eigenvalue weighted by molar-refractivity contribution is -0.128. The van der Waals surface area contributed by atoms with Crippen molar-refractivity contribution >= 4 is 41.2 Å². The standard InChI is InChI=1S/C47H53ClN6O5S/c1-31-35(15-10-16-37(31)34-13-3-2-4-14-34)29-59-42-25-41(58-28-33-12-9-11-32(23-33)26-49)36(24-38(42)48)27-54-22-8-7-17-40(54)46(56)51-21-20-50-44(55)19-6-5-18-43-45-39(30-60-43)52-47(57)53-45/h2-4,9-16,23-25,39-40,43,45H,5-8,17-22,27-30H2,1H3,(H,50,55)(H,51,56)(H2,52,53,57)/t39-,40?,43-,45-/m0/s1. The Kier molecular flexibility index (Phi) is 14.9. The summed E-state index contributed by atoms with van der Waals surface area (Å²) in [5.74, 6) is 1.91. The highest BCUT2D eigenvalue weighted by molar-refractivity contribution is 8.00. The van der Waals surface area contributed by atoms with Crippen LogP contribution in [0.5, 0.6) is 11.5 Å². The maximum absolute atomic E-state index is 13.6. The molecule has 314 valence electrons. The lowest BCUT2D eigenvalue weighted by atomic mass is 9.97. The number of hydrogen-bond acceptors (Lipinski definition) is 8. The number of benzene rings is 4. The number of unbranched alkanes of at least 4 members (excludes halogenated alkanes) is 1. The van der Waals surface area contributed by atoms with Crippen LogP contribution in [0.2, 0.25) is 5.02 Å². The Morgan fingerprint density at radius 1 is 0.917 bits per heavy atom. The van der Waals surface area contributed by atoms with E-state index in [0.717, 1.165) is 77.8 Å². The van der Waals surface area contributed by atoms with Crippen molar-refractivity contribution in [3.63, 3.8) is 0 Å². The van der Waals surface area contributed by atoms with Crippen molar-refractivity contribution in [2.45, 2.75) is 95.0 Å². The van der Waals surface area contributed by atoms with Crippen molar-refractivity contribution in [3.05, 3.63) is 118 Å². The van der Waals surface area contributed by atoms with E-state index in [1.54, 1.807) is 6.07 Å². The number of fused-ring (bicyclic) bond motifs is 1. The molecule has 0 aliphatic carbocycles. The number of likely N-dealkylation sites (tertiary alicyclic amines) is 1. The second-order valence-corrected chi connectivity index (χ2v) is 17.4. The summed E-state index contributed by atoms with van der Waals surface area (Å²) in [6, 6.07) is 29.7. The van der Waals surface area contributed by atoms with Crippen LogP contribution in [-0.2, 0) is 29.3 Å². The van der Waals surface area contributed by atoms with Gasteiger partial charge >= 0.3 is 6.03 Å². The number of hydrogen-bond donors (Lipinski definition) is 4. The smallest absolute Gasteiger partial charge is 0.315 e. The Bertz CT molecular complexity index is 2180. The Hall–Kier alpha value is -5.22. The van der Waals surface area contributed by atoms with Crippen LogP contribution in [0.4, 0.5) is 4.79 Å². The summed E-state index contributed by atoms with van der Waals surface area (Å²) in [6.45, 7) is 4.50. The lowest BCUT2D eigenvalue weighted by Crippen LogP contribution is -2.50. The number of halogens is 1. The van der Waals surface area contributed by atoms with Gasteiger partial charge in [0.1, 0.15) is 24.7 Å². The van der Waals surface area contributed by atoms with E-state index < -0.39 is 0 Å². The van der Waals surface area contributed by atoms with E-state index in [2.05, 4.69) is 63.4 Å². The summed E-state index contributed by atoms with van der Waals surface area (Å²) < 4.78 is 12.8. The van der Waals surface area contributed by atoms with Crippen LogP contribution in [0.25, 0.3) is 11.1 Å². The maximum atomic E-state index is 13.6. The highest BCUT2D eigenvalue weighted by Crippen LogP contribution is 2.37. The summed E-state index contributed by atoms with van der Waals surface area (Å²) in [5, 5.41) is 22.3. The number of amides is 4. The zero-order chi connectivity index (χ0) is 41.8. The molecular weight excluding hydrogens is 796 g/mol. The van der Waals surface area contributed by atoms with Gasteiger partial charge in [-0.05, 0) is 85.2 Å². The molecule has 3 aliphatic heterocycles. The summed E-state index contributed by atoms with van der Waals surface area (Å²) >= 11 is 8.83. The van der Waals surface area contributed by atoms with E-state index in [0.29, 0.717) is 66.4 Å². The highest BCUT2D eigenvalue weighted by Gasteiger charge is 2.42. The van der Waals surface area contributed by atoms with Crippen molar-refractivity contribution in [1.82, 2.24) is 26.2 Å². The lowest BCUT2D eigenvalue weighted by Gasteiger charge is -2.35. The number of nitrogens with one attached hydrogen (secondary N) is 4. The molecule has 3 fully saturated rings. The third kappa shape index (κ3) is 11.1. The zero-order valence-electron chi connectivity index (χ0n) is 34.0. The van der Waals surface area contributed by atoms with Crippen LogP contribution >= 0.6 is 23.4 Å². The van der Waals surface area contributed by atoms with Gasteiger partial charge in [-0.15, -0.1) is 0 Å². The molecule has 0 bridgehead atoms. The Balaban J connectivity index is 0.951. The number of urea groups is 1. The number of nitriles is 1. The number of carbonyl (C=O) groups is 3. The van der Waals surface area contributed by atoms with Crippen LogP contribution in [0.1, 0.15) is 72.8 Å². The summed E-state index contributed by atoms with van der Waals surface area (Å²) in [7, 11) is 0. The molecule has 4 aromatic rings. The molecule has 11 nitrogen and oxygen atoms in total. The molecule has 1 unspecified atom stereocenters. The predicted octanol–water partition coefficient (Wildman–Crippen LogP) is 7.66. The van der Waals surface area contributed by atoms with Gasteiger partial charge in [0.25, 0.3) is 0 Å². The molecule has 4 N–H and O–H groups in total. The van der Waals surface area contributed by atoms with Gasteiger partial charge < -0.3 is 30.7 Å². The minimum atomic E-state index is -0.350. The molecular formula is C47H53ClN6O5S. The second-order valence-electron chi connectivity index (χ2n) is 15.7. The molecule has 3 aliphatic rings. The fourth-order valence-electron chi connectivity index (χ4n) is 8.33. The van der Waals surface area contributed by atoms with Crippen molar-refractivity contribution in [2.75, 3.05) is 25.4 Å². The van der Waals surface area contributed by atoms with E-state index >= 15 is 0 Å². The maximum Gasteiger partial charge on any atom is 0.315 e. The first-order valence-electron chi connectivity index (χ1n) is 20.9. The molecule has 0 saturated carbocycles. The number of thioether (sulfide) groups is 1. The van der Waals surface area contributed by atoms with Gasteiger partial charge in [0.05, 0.1) is 34.8 Å². The zero-order valence-corrected chi connectivity index (χ0v) is 35.6. The number of piperidine rings is 1. The van der Waals surface area contributed by atoms with E-state index in [-0.39, 0.29) is 42.6 Å². The van der Waals surface area contributed by atoms with Crippen LogP contribution in [0.15, 0.2) is 84.9 Å². The first-order valence-corrected chi connectivity index (χ1v) is 22.4. The normalized spacial score (nSPS) is 19.7. The van der Waals surface area contributed by atoms with Crippen molar-refractivity contribution in [2.24, 2.45) is 0 Å². The molecule has 0 aromatic heterocycles. The van der Waals surface area contributed by atoms with Gasteiger partial charge in [-0.2, -0.15) is 17.0 Å². The predicted molar refractivity (Wildman–Crippen MR) is 236 cm³/mol. The van der Waals surface area contributed by atoms with Crippen LogP contribution in [0, 0.1) is 18.3 Å². The first kappa shape index (κ1) is 42.9. The minimum absolute atomic E-state index is 0.0247. The van der Waals surface area contributed by atoms with E-state index in [4.69, 9.17) is 21.1 Å². The number of nitrogens with zero attached hydrogens (tertiary/aromatic N) is 2. The van der Waals surface area contributed by atoms with Gasteiger partial charge in [-0.25, -0.2) is 4.79 Å². The highest BCUT2D eigenvalue weighted by atomic mass is 35.5. The van der Waals surface area contributed by atoms with E-state index in [9.17, 15) is 19.6 Å². The fourth-order valence-corrected chi connectivity index (χ4v) is 10.1. The van der Waals surface area contributed by atoms with E-state index in [1.807, 2.05) is 66.4 Å². The molecule has 4 atom stereocenters. The van der Waals surface area contributed by atoms with Crippen LogP contribution < -0.4 is 30.7 Å². The first-order chi connectivity index (χ1) is 29.2. The van der Waals surface area contributed by atoms with Gasteiger partial charge in [0.15, 0.2) is 0 Å². The quantitative estimate of drug-likeness (QED) is 0.0591. The van der Waals surface area contributed by atoms with Crippen LogP contribution in [-0.4, -0.2) is 71.5 Å². The molecule has 60 heavy (non-hydrogen) atoms. The second kappa shape index (κ2) is 20.8. The van der Waals surface area contributed by atoms with Gasteiger partial charge in [-0.3, -0.25) is 14.5 Å². The summed E-state index contributed by atoms with van der Waals surface area (Å²) in [5.41, 5.74) is 6.69. The van der Waals surface area contributed by atoms with Gasteiger partial charge in [0, 0.05) is 48.7 Å². The Morgan fingerprint density at radius 2 is 1.73 bits per heavy atom. The number of carbonyl (C=O) groups excluding carboxylic acids is 3.